The van der Waals surface area contributed by atoms with Crippen molar-refractivity contribution in [2.75, 3.05) is 32.8 Å². The average Bonchev–Trinajstić information content (AvgIpc) is 3.29. The maximum Gasteiger partial charge on any atom is 0.268 e. The minimum Gasteiger partial charge on any atom is -0.463 e. The van der Waals surface area contributed by atoms with Gasteiger partial charge in [-0.15, -0.1) is 0 Å². The van der Waals surface area contributed by atoms with Crippen LogP contribution in [0.1, 0.15) is 16.1 Å². The van der Waals surface area contributed by atoms with Crippen LogP contribution in [-0.2, 0) is 16.1 Å². The lowest BCUT2D eigenvalue weighted by Gasteiger charge is -2.26. The second-order valence-corrected chi connectivity index (χ2v) is 6.59. The van der Waals surface area contributed by atoms with E-state index < -0.39 is 0 Å². The molecular formula is C20H20FN3O4. The first-order valence-electron chi connectivity index (χ1n) is 9.07. The quantitative estimate of drug-likeness (QED) is 0.729. The van der Waals surface area contributed by atoms with E-state index >= 15 is 0 Å². The van der Waals surface area contributed by atoms with Crippen LogP contribution in [-0.4, -0.2) is 54.1 Å². The van der Waals surface area contributed by atoms with E-state index in [0.29, 0.717) is 44.1 Å². The zero-order valence-electron chi connectivity index (χ0n) is 15.2. The second kappa shape index (κ2) is 7.85. The highest BCUT2D eigenvalue weighted by Crippen LogP contribution is 2.22. The fourth-order valence-electron chi connectivity index (χ4n) is 3.32. The van der Waals surface area contributed by atoms with Crippen molar-refractivity contribution in [1.82, 2.24) is 14.8 Å². The third-order valence-electron chi connectivity index (χ3n) is 4.75. The van der Waals surface area contributed by atoms with Gasteiger partial charge in [0, 0.05) is 31.8 Å². The molecule has 8 heteroatoms. The molecule has 3 heterocycles. The van der Waals surface area contributed by atoms with Crippen LogP contribution in [0.25, 0.3) is 11.1 Å². The molecule has 4 rings (SSSR count). The number of furan rings is 1. The normalized spacial score (nSPS) is 14.4. The summed E-state index contributed by atoms with van der Waals surface area (Å²) >= 11 is 0. The van der Waals surface area contributed by atoms with E-state index in [0.717, 1.165) is 11.1 Å². The molecule has 0 atom stereocenters. The Morgan fingerprint density at radius 1 is 1.14 bits per heavy atom. The zero-order chi connectivity index (χ0) is 19.5. The van der Waals surface area contributed by atoms with Gasteiger partial charge in [0.1, 0.15) is 11.5 Å². The van der Waals surface area contributed by atoms with Gasteiger partial charge in [-0.1, -0.05) is 12.1 Å². The molecule has 0 spiro atoms. The number of hydrogen-bond acceptors (Lipinski definition) is 4. The predicted octanol–water partition coefficient (Wildman–Crippen LogP) is 2.01. The molecule has 146 valence electrons. The number of rotatable bonds is 5. The topological polar surface area (TPSA) is 76.7 Å². The number of carbonyl (C=O) groups is 2. The van der Waals surface area contributed by atoms with E-state index in [1.165, 1.54) is 18.4 Å². The minimum absolute atomic E-state index is 0.0919. The molecule has 1 fully saturated rings. The van der Waals surface area contributed by atoms with Crippen LogP contribution in [0.2, 0.25) is 0 Å². The Labute approximate surface area is 160 Å². The molecule has 1 N–H and O–H groups in total. The van der Waals surface area contributed by atoms with Crippen molar-refractivity contribution in [2.45, 2.75) is 6.54 Å². The zero-order valence-corrected chi connectivity index (χ0v) is 15.2. The second-order valence-electron chi connectivity index (χ2n) is 6.59. The first-order valence-corrected chi connectivity index (χ1v) is 9.07. The van der Waals surface area contributed by atoms with Gasteiger partial charge in [-0.3, -0.25) is 9.59 Å². The van der Waals surface area contributed by atoms with Crippen LogP contribution in [0.3, 0.4) is 0 Å². The summed E-state index contributed by atoms with van der Waals surface area (Å²) in [6, 6.07) is 9.60. The van der Waals surface area contributed by atoms with Gasteiger partial charge >= 0.3 is 0 Å². The Hall–Kier alpha value is -3.13. The minimum atomic E-state index is -0.385. The summed E-state index contributed by atoms with van der Waals surface area (Å²) in [6.45, 7) is 2.28. The molecule has 3 aromatic rings. The highest BCUT2D eigenvalue weighted by molar-refractivity contribution is 5.99. The maximum absolute atomic E-state index is 13.5. The molecule has 1 aromatic carbocycles. The van der Waals surface area contributed by atoms with Crippen LogP contribution in [0, 0.1) is 5.82 Å². The molecule has 0 saturated carbocycles. The summed E-state index contributed by atoms with van der Waals surface area (Å²) in [7, 11) is 0. The van der Waals surface area contributed by atoms with Crippen molar-refractivity contribution in [3.8, 4) is 0 Å². The number of amides is 2. The number of carbonyl (C=O) groups excluding carboxylic acids is 2. The van der Waals surface area contributed by atoms with Gasteiger partial charge < -0.3 is 23.9 Å². The van der Waals surface area contributed by atoms with E-state index in [9.17, 15) is 14.0 Å². The SMILES string of the molecule is O=C(NCC(=O)N1CCOCC1)c1cc2occc2n1Cc1cccc(F)c1. The van der Waals surface area contributed by atoms with Gasteiger partial charge in [0.15, 0.2) is 5.58 Å². The largest absolute Gasteiger partial charge is 0.463 e. The van der Waals surface area contributed by atoms with E-state index in [1.807, 2.05) is 0 Å². The summed E-state index contributed by atoms with van der Waals surface area (Å²) in [5.41, 5.74) is 2.36. The number of fused-ring (bicyclic) bond motifs is 1. The number of nitrogens with zero attached hydrogens (tertiary/aromatic N) is 2. The highest BCUT2D eigenvalue weighted by Gasteiger charge is 2.21. The number of nitrogens with one attached hydrogen (secondary N) is 1. The molecule has 28 heavy (non-hydrogen) atoms. The van der Waals surface area contributed by atoms with Gasteiger partial charge in [0.25, 0.3) is 5.91 Å². The van der Waals surface area contributed by atoms with Crippen LogP contribution >= 0.6 is 0 Å². The monoisotopic (exact) mass is 385 g/mol. The Kier molecular flexibility index (Phi) is 5.12. The van der Waals surface area contributed by atoms with Gasteiger partial charge in [-0.2, -0.15) is 0 Å². The lowest BCUT2D eigenvalue weighted by molar-refractivity contribution is -0.134. The maximum atomic E-state index is 13.5. The van der Waals surface area contributed by atoms with Crippen LogP contribution < -0.4 is 5.32 Å². The lowest BCUT2D eigenvalue weighted by Crippen LogP contribution is -2.45. The van der Waals surface area contributed by atoms with Crippen molar-refractivity contribution >= 4 is 22.9 Å². The molecule has 1 aliphatic heterocycles. The third-order valence-corrected chi connectivity index (χ3v) is 4.75. The van der Waals surface area contributed by atoms with Crippen molar-refractivity contribution in [2.24, 2.45) is 0 Å². The molecular weight excluding hydrogens is 365 g/mol. The standard InChI is InChI=1S/C20H20FN3O4/c21-15-3-1-2-14(10-15)13-24-16-4-7-28-18(16)11-17(24)20(26)22-12-19(25)23-5-8-27-9-6-23/h1-4,7,10-11H,5-6,8-9,12-13H2,(H,22,26). The number of aromatic nitrogens is 1. The smallest absolute Gasteiger partial charge is 0.268 e. The van der Waals surface area contributed by atoms with Crippen molar-refractivity contribution < 1.29 is 23.1 Å². The molecule has 0 bridgehead atoms. The third kappa shape index (κ3) is 3.77. The molecule has 0 aliphatic carbocycles. The van der Waals surface area contributed by atoms with Gasteiger partial charge in [-0.25, -0.2) is 4.39 Å². The van der Waals surface area contributed by atoms with Crippen molar-refractivity contribution in [1.29, 1.82) is 0 Å². The number of ether oxygens (including phenoxy) is 1. The van der Waals surface area contributed by atoms with E-state index in [2.05, 4.69) is 5.32 Å². The summed E-state index contributed by atoms with van der Waals surface area (Å²) in [6.07, 6.45) is 1.54. The Morgan fingerprint density at radius 2 is 1.96 bits per heavy atom. The predicted molar refractivity (Wildman–Crippen MR) is 99.4 cm³/mol. The van der Waals surface area contributed by atoms with Gasteiger partial charge in [-0.05, 0) is 17.7 Å². The summed E-state index contributed by atoms with van der Waals surface area (Å²) in [4.78, 5) is 26.7. The fraction of sp³-hybridized carbons (Fsp3) is 0.300. The van der Waals surface area contributed by atoms with Crippen molar-refractivity contribution in [3.63, 3.8) is 0 Å². The van der Waals surface area contributed by atoms with E-state index in [4.69, 9.17) is 9.15 Å². The van der Waals surface area contributed by atoms with Crippen LogP contribution in [0.4, 0.5) is 4.39 Å². The molecule has 0 radical (unpaired) electrons. The Bertz CT molecular complexity index is 1000. The molecule has 0 unspecified atom stereocenters. The molecule has 1 saturated heterocycles. The fourth-order valence-corrected chi connectivity index (χ4v) is 3.32. The van der Waals surface area contributed by atoms with Gasteiger partial charge in [0.2, 0.25) is 5.91 Å². The molecule has 7 nitrogen and oxygen atoms in total. The van der Waals surface area contributed by atoms with E-state index in [-0.39, 0.29) is 24.2 Å². The lowest BCUT2D eigenvalue weighted by atomic mass is 10.2. The molecule has 1 aliphatic rings. The number of morpholine rings is 1. The van der Waals surface area contributed by atoms with E-state index in [1.54, 1.807) is 33.7 Å². The number of halogens is 1. The van der Waals surface area contributed by atoms with Crippen LogP contribution in [0.15, 0.2) is 47.1 Å². The number of hydrogen-bond donors (Lipinski definition) is 1. The molecule has 2 amide bonds. The van der Waals surface area contributed by atoms with Crippen molar-refractivity contribution in [3.05, 3.63) is 59.7 Å². The first kappa shape index (κ1) is 18.2. The summed E-state index contributed by atoms with van der Waals surface area (Å²) in [5, 5.41) is 2.68. The summed E-state index contributed by atoms with van der Waals surface area (Å²) < 4.78 is 25.9. The Morgan fingerprint density at radius 3 is 2.75 bits per heavy atom. The number of benzene rings is 1. The first-order chi connectivity index (χ1) is 13.6. The molecule has 2 aromatic heterocycles. The van der Waals surface area contributed by atoms with Gasteiger partial charge in [0.05, 0.1) is 31.5 Å². The Balaban J connectivity index is 1.51. The summed E-state index contributed by atoms with van der Waals surface area (Å²) in [5.74, 6) is -0.872. The van der Waals surface area contributed by atoms with Crippen LogP contribution in [0.5, 0.6) is 0 Å². The highest BCUT2D eigenvalue weighted by atomic mass is 19.1. The average molecular weight is 385 g/mol.